The minimum absolute atomic E-state index is 0.255. The van der Waals surface area contributed by atoms with E-state index >= 15 is 0 Å². The first-order valence-corrected chi connectivity index (χ1v) is 10.5. The van der Waals surface area contributed by atoms with Crippen LogP contribution in [0.25, 0.3) is 11.3 Å². The lowest BCUT2D eigenvalue weighted by atomic mass is 10.1. The summed E-state index contributed by atoms with van der Waals surface area (Å²) in [6.07, 6.45) is 1.18. The molecule has 1 aliphatic heterocycles. The summed E-state index contributed by atoms with van der Waals surface area (Å²) in [6.45, 7) is 1.48. The largest absolute Gasteiger partial charge is 0.393 e. The molecule has 8 heteroatoms. The van der Waals surface area contributed by atoms with Gasteiger partial charge in [0.1, 0.15) is 5.82 Å². The molecule has 0 amide bonds. The van der Waals surface area contributed by atoms with E-state index in [1.54, 1.807) is 24.3 Å². The Morgan fingerprint density at radius 3 is 2.34 bits per heavy atom. The van der Waals surface area contributed by atoms with Crippen molar-refractivity contribution in [3.8, 4) is 11.3 Å². The van der Waals surface area contributed by atoms with Gasteiger partial charge in [0.25, 0.3) is 0 Å². The SMILES string of the molecule is O=S(O)c1ccc(Nc2nc(-c3ccccc3)cc(N3CCC(O)CC3)n2)cc1. The summed E-state index contributed by atoms with van der Waals surface area (Å²) < 4.78 is 20.3. The van der Waals surface area contributed by atoms with E-state index in [4.69, 9.17) is 4.55 Å². The zero-order chi connectivity index (χ0) is 20.2. The molecule has 0 bridgehead atoms. The maximum absolute atomic E-state index is 11.2. The number of piperidine rings is 1. The van der Waals surface area contributed by atoms with E-state index in [1.807, 2.05) is 36.4 Å². The average molecular weight is 410 g/mol. The summed E-state index contributed by atoms with van der Waals surface area (Å²) >= 11 is -2.01. The van der Waals surface area contributed by atoms with Crippen LogP contribution in [0.2, 0.25) is 0 Å². The summed E-state index contributed by atoms with van der Waals surface area (Å²) in [7, 11) is 0. The van der Waals surface area contributed by atoms with Gasteiger partial charge in [-0.25, -0.2) is 9.19 Å². The first kappa shape index (κ1) is 19.5. The zero-order valence-corrected chi connectivity index (χ0v) is 16.5. The predicted octanol–water partition coefficient (Wildman–Crippen LogP) is 3.43. The summed E-state index contributed by atoms with van der Waals surface area (Å²) in [5.74, 6) is 1.26. The van der Waals surface area contributed by atoms with E-state index in [-0.39, 0.29) is 6.10 Å². The van der Waals surface area contributed by atoms with Gasteiger partial charge < -0.3 is 19.9 Å². The van der Waals surface area contributed by atoms with Gasteiger partial charge in [-0.15, -0.1) is 0 Å². The van der Waals surface area contributed by atoms with Crippen molar-refractivity contribution in [2.24, 2.45) is 0 Å². The lowest BCUT2D eigenvalue weighted by Crippen LogP contribution is -2.36. The Labute approximate surface area is 171 Å². The number of nitrogens with zero attached hydrogens (tertiary/aromatic N) is 3. The van der Waals surface area contributed by atoms with Crippen LogP contribution in [0, 0.1) is 0 Å². The van der Waals surface area contributed by atoms with E-state index in [0.29, 0.717) is 23.7 Å². The molecule has 1 saturated heterocycles. The maximum Gasteiger partial charge on any atom is 0.229 e. The number of anilines is 3. The van der Waals surface area contributed by atoms with Crippen molar-refractivity contribution in [3.05, 3.63) is 60.7 Å². The van der Waals surface area contributed by atoms with Crippen molar-refractivity contribution in [3.63, 3.8) is 0 Å². The molecule has 4 rings (SSSR count). The second kappa shape index (κ2) is 8.69. The quantitative estimate of drug-likeness (QED) is 0.554. The topological polar surface area (TPSA) is 98.6 Å². The fraction of sp³-hybridized carbons (Fsp3) is 0.238. The van der Waals surface area contributed by atoms with Gasteiger partial charge in [-0.3, -0.25) is 0 Å². The van der Waals surface area contributed by atoms with Crippen LogP contribution in [0.15, 0.2) is 65.6 Å². The Morgan fingerprint density at radius 1 is 1.00 bits per heavy atom. The number of nitrogens with one attached hydrogen (secondary N) is 1. The van der Waals surface area contributed by atoms with Crippen molar-refractivity contribution in [1.82, 2.24) is 9.97 Å². The van der Waals surface area contributed by atoms with Gasteiger partial charge in [0.2, 0.25) is 5.95 Å². The molecule has 3 N–H and O–H groups in total. The van der Waals surface area contributed by atoms with Crippen molar-refractivity contribution < 1.29 is 13.9 Å². The van der Waals surface area contributed by atoms with Crippen molar-refractivity contribution >= 4 is 28.5 Å². The molecule has 0 spiro atoms. The fourth-order valence-corrected chi connectivity index (χ4v) is 3.66. The molecule has 0 aliphatic carbocycles. The van der Waals surface area contributed by atoms with E-state index in [9.17, 15) is 9.32 Å². The smallest absolute Gasteiger partial charge is 0.229 e. The minimum atomic E-state index is -2.01. The lowest BCUT2D eigenvalue weighted by molar-refractivity contribution is 0.145. The third-order valence-electron chi connectivity index (χ3n) is 4.88. The van der Waals surface area contributed by atoms with E-state index in [1.165, 1.54) is 0 Å². The first-order chi connectivity index (χ1) is 14.1. The number of aromatic nitrogens is 2. The van der Waals surface area contributed by atoms with Crippen LogP contribution in [0.1, 0.15) is 12.8 Å². The predicted molar refractivity (Wildman–Crippen MR) is 114 cm³/mol. The molecule has 29 heavy (non-hydrogen) atoms. The molecule has 3 aromatic rings. The second-order valence-electron chi connectivity index (χ2n) is 6.92. The first-order valence-electron chi connectivity index (χ1n) is 9.44. The van der Waals surface area contributed by atoms with Crippen molar-refractivity contribution in [1.29, 1.82) is 0 Å². The highest BCUT2D eigenvalue weighted by atomic mass is 32.2. The molecular formula is C21H22N4O3S. The van der Waals surface area contributed by atoms with Crippen molar-refractivity contribution in [2.45, 2.75) is 23.8 Å². The van der Waals surface area contributed by atoms with Gasteiger partial charge in [-0.05, 0) is 37.1 Å². The molecule has 2 aromatic carbocycles. The highest BCUT2D eigenvalue weighted by Crippen LogP contribution is 2.27. The number of aliphatic hydroxyl groups is 1. The van der Waals surface area contributed by atoms with Crippen LogP contribution >= 0.6 is 0 Å². The second-order valence-corrected chi connectivity index (χ2v) is 7.89. The molecule has 0 saturated carbocycles. The minimum Gasteiger partial charge on any atom is -0.393 e. The summed E-state index contributed by atoms with van der Waals surface area (Å²) in [4.78, 5) is 11.8. The van der Waals surface area contributed by atoms with E-state index < -0.39 is 11.1 Å². The van der Waals surface area contributed by atoms with Gasteiger partial charge in [0, 0.05) is 30.4 Å². The van der Waals surface area contributed by atoms with Crippen LogP contribution < -0.4 is 10.2 Å². The molecule has 7 nitrogen and oxygen atoms in total. The van der Waals surface area contributed by atoms with Gasteiger partial charge in [-0.1, -0.05) is 30.3 Å². The van der Waals surface area contributed by atoms with Gasteiger partial charge >= 0.3 is 0 Å². The van der Waals surface area contributed by atoms with E-state index in [2.05, 4.69) is 20.2 Å². The average Bonchev–Trinajstić information content (AvgIpc) is 2.75. The highest BCUT2D eigenvalue weighted by molar-refractivity contribution is 7.79. The Bertz CT molecular complexity index is 991. The fourth-order valence-electron chi connectivity index (χ4n) is 3.29. The maximum atomic E-state index is 11.2. The lowest BCUT2D eigenvalue weighted by Gasteiger charge is -2.30. The zero-order valence-electron chi connectivity index (χ0n) is 15.7. The normalized spacial score (nSPS) is 15.9. The molecular weight excluding hydrogens is 388 g/mol. The molecule has 1 aromatic heterocycles. The van der Waals surface area contributed by atoms with Crippen LogP contribution in [-0.4, -0.2) is 43.0 Å². The third kappa shape index (κ3) is 4.79. The summed E-state index contributed by atoms with van der Waals surface area (Å²) in [5.41, 5.74) is 2.52. The van der Waals surface area contributed by atoms with Crippen LogP contribution in [0.3, 0.4) is 0 Å². The van der Waals surface area contributed by atoms with Gasteiger partial charge in [0.15, 0.2) is 11.1 Å². The van der Waals surface area contributed by atoms with Crippen molar-refractivity contribution in [2.75, 3.05) is 23.3 Å². The number of aliphatic hydroxyl groups excluding tert-OH is 1. The molecule has 2 heterocycles. The number of hydrogen-bond acceptors (Lipinski definition) is 6. The molecule has 0 radical (unpaired) electrons. The Kier molecular flexibility index (Phi) is 5.84. The van der Waals surface area contributed by atoms with Crippen LogP contribution in [0.4, 0.5) is 17.5 Å². The highest BCUT2D eigenvalue weighted by Gasteiger charge is 2.20. The molecule has 1 aliphatic rings. The van der Waals surface area contributed by atoms with Crippen LogP contribution in [0.5, 0.6) is 0 Å². The number of benzene rings is 2. The van der Waals surface area contributed by atoms with Crippen LogP contribution in [-0.2, 0) is 11.1 Å². The monoisotopic (exact) mass is 410 g/mol. The number of hydrogen-bond donors (Lipinski definition) is 3. The number of rotatable bonds is 5. The molecule has 1 fully saturated rings. The third-order valence-corrected chi connectivity index (χ3v) is 5.56. The molecule has 1 atom stereocenters. The van der Waals surface area contributed by atoms with E-state index in [0.717, 1.165) is 35.9 Å². The van der Waals surface area contributed by atoms with Gasteiger partial charge in [-0.2, -0.15) is 4.98 Å². The Balaban J connectivity index is 1.66. The standard InChI is InChI=1S/C21H22N4O3S/c26-17-10-12-25(13-11-17)20-14-19(15-4-2-1-3-5-15)23-21(24-20)22-16-6-8-18(9-7-16)29(27)28/h1-9,14,17,26H,10-13H2,(H,27,28)(H,22,23,24). The molecule has 1 unspecified atom stereocenters. The summed E-state index contributed by atoms with van der Waals surface area (Å²) in [5, 5.41) is 13.0. The Morgan fingerprint density at radius 2 is 1.69 bits per heavy atom. The molecule has 150 valence electrons. The van der Waals surface area contributed by atoms with Gasteiger partial charge in [0.05, 0.1) is 16.7 Å². The Hall–Kier alpha value is -2.81. The summed E-state index contributed by atoms with van der Waals surface area (Å²) in [6, 6.07) is 18.5.